The molecule has 0 radical (unpaired) electrons. The molecule has 1 aromatic rings. The van der Waals surface area contributed by atoms with Crippen molar-refractivity contribution >= 4 is 17.3 Å². The minimum Gasteiger partial charge on any atom is -0.269 e. The first-order chi connectivity index (χ1) is 8.56. The molecule has 2 nitrogen and oxygen atoms in total. The van der Waals surface area contributed by atoms with Gasteiger partial charge in [0.25, 0.3) is 0 Å². The van der Waals surface area contributed by atoms with E-state index in [1.165, 1.54) is 16.8 Å². The monoisotopic (exact) mass is 263 g/mol. The summed E-state index contributed by atoms with van der Waals surface area (Å²) in [6.07, 6.45) is 4.67. The van der Waals surface area contributed by atoms with E-state index in [0.29, 0.717) is 12.1 Å². The van der Waals surface area contributed by atoms with E-state index in [0.717, 1.165) is 23.4 Å². The predicted molar refractivity (Wildman–Crippen MR) is 75.1 cm³/mol. The summed E-state index contributed by atoms with van der Waals surface area (Å²) in [4.78, 5) is 6.00. The smallest absolute Gasteiger partial charge is 0.0921 e. The molecule has 3 rings (SSSR count). The molecule has 0 N–H and O–H groups in total. The van der Waals surface area contributed by atoms with Gasteiger partial charge in [0.15, 0.2) is 0 Å². The number of nitrogens with zero attached hydrogens (tertiary/aromatic N) is 1. The molecule has 2 bridgehead atoms. The van der Waals surface area contributed by atoms with Crippen LogP contribution in [0.1, 0.15) is 31.4 Å². The minimum atomic E-state index is 0.318. The second kappa shape index (κ2) is 4.29. The zero-order valence-corrected chi connectivity index (χ0v) is 11.8. The molecule has 0 spiro atoms. The van der Waals surface area contributed by atoms with Gasteiger partial charge in [-0.1, -0.05) is 29.3 Å². The predicted octanol–water partition coefficient (Wildman–Crippen LogP) is 4.05. The molecule has 0 aliphatic carbocycles. The summed E-state index contributed by atoms with van der Waals surface area (Å²) in [5.41, 5.74) is 5.00. The van der Waals surface area contributed by atoms with Gasteiger partial charge in [-0.15, -0.1) is 0 Å². The lowest BCUT2D eigenvalue weighted by molar-refractivity contribution is 0.0749. The second-order valence-electron chi connectivity index (χ2n) is 5.48. The number of rotatable bonds is 1. The van der Waals surface area contributed by atoms with Crippen LogP contribution in [-0.2, 0) is 11.3 Å². The van der Waals surface area contributed by atoms with Crippen LogP contribution in [0.4, 0.5) is 5.69 Å². The number of fused-ring (bicyclic) bond motifs is 4. The Morgan fingerprint density at radius 1 is 1.44 bits per heavy atom. The molecule has 96 valence electrons. The lowest BCUT2D eigenvalue weighted by Crippen LogP contribution is -2.31. The summed E-state index contributed by atoms with van der Waals surface area (Å²) in [5, 5.41) is 2.89. The molecule has 0 amide bonds. The average Bonchev–Trinajstić information content (AvgIpc) is 2.60. The quantitative estimate of drug-likeness (QED) is 0.709. The highest BCUT2D eigenvalue weighted by atomic mass is 35.5. The summed E-state index contributed by atoms with van der Waals surface area (Å²) in [6.45, 7) is 6.34. The molecule has 1 saturated heterocycles. The molecule has 18 heavy (non-hydrogen) atoms. The van der Waals surface area contributed by atoms with E-state index < -0.39 is 0 Å². The number of allylic oxidation sites excluding steroid dienone is 1. The highest BCUT2D eigenvalue weighted by Gasteiger charge is 2.39. The third kappa shape index (κ3) is 1.84. The van der Waals surface area contributed by atoms with Gasteiger partial charge >= 0.3 is 0 Å². The minimum absolute atomic E-state index is 0.318. The maximum atomic E-state index is 6.24. The zero-order valence-electron chi connectivity index (χ0n) is 11.0. The van der Waals surface area contributed by atoms with Crippen molar-refractivity contribution < 1.29 is 4.84 Å². The Morgan fingerprint density at radius 2 is 2.22 bits per heavy atom. The molecule has 2 heterocycles. The summed E-state index contributed by atoms with van der Waals surface area (Å²) in [7, 11) is 0. The third-order valence-electron chi connectivity index (χ3n) is 3.71. The average molecular weight is 264 g/mol. The van der Waals surface area contributed by atoms with Gasteiger partial charge in [-0.05, 0) is 38.0 Å². The van der Waals surface area contributed by atoms with Gasteiger partial charge < -0.3 is 0 Å². The molecule has 1 aromatic carbocycles. The molecule has 2 aliphatic heterocycles. The third-order valence-corrected chi connectivity index (χ3v) is 4.12. The van der Waals surface area contributed by atoms with Crippen LogP contribution in [0.2, 0.25) is 5.02 Å². The molecule has 0 saturated carbocycles. The molecule has 3 heteroatoms. The topological polar surface area (TPSA) is 12.5 Å². The summed E-state index contributed by atoms with van der Waals surface area (Å²) in [5.74, 6) is 0. The number of benzene rings is 1. The van der Waals surface area contributed by atoms with E-state index in [-0.39, 0.29) is 0 Å². The van der Waals surface area contributed by atoms with Crippen LogP contribution in [0.25, 0.3) is 0 Å². The highest BCUT2D eigenvalue weighted by molar-refractivity contribution is 6.31. The van der Waals surface area contributed by atoms with Crippen LogP contribution in [-0.4, -0.2) is 12.1 Å². The molecule has 1 fully saturated rings. The van der Waals surface area contributed by atoms with E-state index in [2.05, 4.69) is 38.0 Å². The van der Waals surface area contributed by atoms with Crippen LogP contribution >= 0.6 is 11.6 Å². The number of hydrogen-bond acceptors (Lipinski definition) is 2. The Kier molecular flexibility index (Phi) is 2.87. The standard InChI is InChI=1S/C15H18ClNO/c1-9(2)6-12-8-13-7-11-4-5-14(16)10(3)15(11)17(12)18-13/h4-6,12-13H,7-8H2,1-3H3. The van der Waals surface area contributed by atoms with Crippen molar-refractivity contribution in [2.75, 3.05) is 5.06 Å². The first kappa shape index (κ1) is 12.1. The van der Waals surface area contributed by atoms with Crippen molar-refractivity contribution in [1.82, 2.24) is 0 Å². The van der Waals surface area contributed by atoms with Crippen LogP contribution < -0.4 is 5.06 Å². The Bertz CT molecular complexity index is 519. The Morgan fingerprint density at radius 3 is 2.94 bits per heavy atom. The Balaban J connectivity index is 2.08. The van der Waals surface area contributed by atoms with Crippen molar-refractivity contribution in [2.45, 2.75) is 45.8 Å². The number of halogens is 1. The van der Waals surface area contributed by atoms with Gasteiger partial charge in [0.05, 0.1) is 17.8 Å². The lowest BCUT2D eigenvalue weighted by Gasteiger charge is -2.31. The first-order valence-electron chi connectivity index (χ1n) is 6.45. The van der Waals surface area contributed by atoms with Gasteiger partial charge in [-0.2, -0.15) is 0 Å². The van der Waals surface area contributed by atoms with Crippen LogP contribution in [0, 0.1) is 6.92 Å². The van der Waals surface area contributed by atoms with Gasteiger partial charge in [0.1, 0.15) is 0 Å². The van der Waals surface area contributed by atoms with Crippen molar-refractivity contribution in [3.05, 3.63) is 39.9 Å². The first-order valence-corrected chi connectivity index (χ1v) is 6.83. The highest BCUT2D eigenvalue weighted by Crippen LogP contribution is 2.42. The Hall–Kier alpha value is -0.990. The van der Waals surface area contributed by atoms with E-state index >= 15 is 0 Å². The van der Waals surface area contributed by atoms with E-state index in [1.807, 2.05) is 6.07 Å². The number of anilines is 1. The van der Waals surface area contributed by atoms with E-state index in [9.17, 15) is 0 Å². The van der Waals surface area contributed by atoms with E-state index in [4.69, 9.17) is 16.4 Å². The molecule has 2 atom stereocenters. The molecular formula is C15H18ClNO. The number of hydrogen-bond donors (Lipinski definition) is 0. The fourth-order valence-corrected chi connectivity index (χ4v) is 3.11. The van der Waals surface area contributed by atoms with E-state index in [1.54, 1.807) is 0 Å². The summed E-state index contributed by atoms with van der Waals surface area (Å²) in [6, 6.07) is 4.48. The fraction of sp³-hybridized carbons (Fsp3) is 0.467. The second-order valence-corrected chi connectivity index (χ2v) is 5.89. The Labute approximate surface area is 113 Å². The summed E-state index contributed by atoms with van der Waals surface area (Å²) < 4.78 is 0. The zero-order chi connectivity index (χ0) is 12.9. The van der Waals surface area contributed by atoms with Gasteiger partial charge in [-0.25, -0.2) is 5.06 Å². The number of hydroxylamine groups is 1. The van der Waals surface area contributed by atoms with Gasteiger partial charge in [0.2, 0.25) is 0 Å². The van der Waals surface area contributed by atoms with Crippen LogP contribution in [0.5, 0.6) is 0 Å². The molecule has 2 aliphatic rings. The molecule has 0 aromatic heterocycles. The van der Waals surface area contributed by atoms with Crippen molar-refractivity contribution in [2.24, 2.45) is 0 Å². The van der Waals surface area contributed by atoms with Crippen molar-refractivity contribution in [3.63, 3.8) is 0 Å². The van der Waals surface area contributed by atoms with Crippen LogP contribution in [0.3, 0.4) is 0 Å². The van der Waals surface area contributed by atoms with Gasteiger partial charge in [0, 0.05) is 17.9 Å². The van der Waals surface area contributed by atoms with Crippen LogP contribution in [0.15, 0.2) is 23.8 Å². The van der Waals surface area contributed by atoms with Crippen molar-refractivity contribution in [3.8, 4) is 0 Å². The fourth-order valence-electron chi connectivity index (χ4n) is 2.95. The van der Waals surface area contributed by atoms with Gasteiger partial charge in [-0.3, -0.25) is 4.84 Å². The largest absolute Gasteiger partial charge is 0.269 e. The molecular weight excluding hydrogens is 246 g/mol. The SMILES string of the molecule is CC(C)=CC1CC2Cc3ccc(Cl)c(C)c3N1O2. The maximum absolute atomic E-state index is 6.24. The lowest BCUT2D eigenvalue weighted by atomic mass is 10.0. The molecule has 2 unspecified atom stereocenters. The summed E-state index contributed by atoms with van der Waals surface area (Å²) >= 11 is 6.24. The maximum Gasteiger partial charge on any atom is 0.0921 e. The normalized spacial score (nSPS) is 25.0. The van der Waals surface area contributed by atoms with Crippen molar-refractivity contribution in [1.29, 1.82) is 0 Å².